The maximum absolute atomic E-state index is 12.3. The predicted molar refractivity (Wildman–Crippen MR) is 77.0 cm³/mol. The van der Waals surface area contributed by atoms with Crippen LogP contribution in [0.2, 0.25) is 0 Å². The minimum Gasteiger partial charge on any atom is -0.391 e. The SMILES string of the molecule is O=C(c1cc([N+](=O)[O-])ccc1I)N1CCCC(O)C1. The maximum atomic E-state index is 12.3. The van der Waals surface area contributed by atoms with Crippen LogP contribution >= 0.6 is 22.6 Å². The number of piperidine rings is 1. The van der Waals surface area contributed by atoms with E-state index < -0.39 is 11.0 Å². The van der Waals surface area contributed by atoms with Gasteiger partial charge in [-0.3, -0.25) is 14.9 Å². The topological polar surface area (TPSA) is 83.7 Å². The molecule has 6 nitrogen and oxygen atoms in total. The van der Waals surface area contributed by atoms with Crippen molar-refractivity contribution in [2.45, 2.75) is 18.9 Å². The Balaban J connectivity index is 2.27. The lowest BCUT2D eigenvalue weighted by Crippen LogP contribution is -2.42. The Bertz CT molecular complexity index is 520. The fourth-order valence-corrected chi connectivity index (χ4v) is 2.67. The third kappa shape index (κ3) is 3.21. The highest BCUT2D eigenvalue weighted by Crippen LogP contribution is 2.22. The highest BCUT2D eigenvalue weighted by molar-refractivity contribution is 14.1. The van der Waals surface area contributed by atoms with Crippen molar-refractivity contribution >= 4 is 34.2 Å². The molecule has 0 aliphatic carbocycles. The lowest BCUT2D eigenvalue weighted by atomic mass is 10.1. The Morgan fingerprint density at radius 2 is 2.26 bits per heavy atom. The summed E-state index contributed by atoms with van der Waals surface area (Å²) in [5, 5.41) is 20.3. The molecule has 1 fully saturated rings. The third-order valence-electron chi connectivity index (χ3n) is 3.07. The number of nitrogens with zero attached hydrogens (tertiary/aromatic N) is 2. The monoisotopic (exact) mass is 376 g/mol. The van der Waals surface area contributed by atoms with Crippen LogP contribution in [0.1, 0.15) is 23.2 Å². The Labute approximate surface area is 123 Å². The standard InChI is InChI=1S/C12H13IN2O4/c13-11-4-3-8(15(18)19)6-10(11)12(17)14-5-1-2-9(16)7-14/h3-4,6,9,16H,1-2,5,7H2. The number of halogens is 1. The number of hydrogen-bond acceptors (Lipinski definition) is 4. The molecule has 1 saturated heterocycles. The van der Waals surface area contributed by atoms with Crippen LogP contribution in [-0.4, -0.2) is 40.0 Å². The zero-order valence-electron chi connectivity index (χ0n) is 10.1. The second-order valence-electron chi connectivity index (χ2n) is 4.47. The minimum absolute atomic E-state index is 0.0960. The van der Waals surface area contributed by atoms with Crippen LogP contribution in [0.25, 0.3) is 0 Å². The van der Waals surface area contributed by atoms with Crippen molar-refractivity contribution in [2.75, 3.05) is 13.1 Å². The largest absolute Gasteiger partial charge is 0.391 e. The molecule has 1 aromatic rings. The minimum atomic E-state index is -0.516. The number of β-amino-alcohol motifs (C(OH)–C–C–N with tert-alkyl or cyclic N) is 1. The number of aliphatic hydroxyl groups is 1. The smallest absolute Gasteiger partial charge is 0.270 e. The summed E-state index contributed by atoms with van der Waals surface area (Å²) in [5.41, 5.74) is 0.227. The van der Waals surface area contributed by atoms with Gasteiger partial charge in [0.05, 0.1) is 16.6 Å². The van der Waals surface area contributed by atoms with Gasteiger partial charge in [0.25, 0.3) is 11.6 Å². The molecule has 1 unspecified atom stereocenters. The van der Waals surface area contributed by atoms with Gasteiger partial charge in [-0.25, -0.2) is 0 Å². The molecule has 0 radical (unpaired) electrons. The first-order chi connectivity index (χ1) is 8.99. The van der Waals surface area contributed by atoms with Gasteiger partial charge in [-0.05, 0) is 41.5 Å². The average Bonchev–Trinajstić information content (AvgIpc) is 2.38. The Morgan fingerprint density at radius 3 is 2.89 bits per heavy atom. The molecule has 1 aliphatic heterocycles. The summed E-state index contributed by atoms with van der Waals surface area (Å²) in [6.07, 6.45) is 0.933. The Morgan fingerprint density at radius 1 is 1.53 bits per heavy atom. The van der Waals surface area contributed by atoms with E-state index in [4.69, 9.17) is 0 Å². The van der Waals surface area contributed by atoms with Gasteiger partial charge in [0.15, 0.2) is 0 Å². The van der Waals surface area contributed by atoms with Gasteiger partial charge in [0.2, 0.25) is 0 Å². The number of benzene rings is 1. The molecule has 0 spiro atoms. The number of non-ortho nitro benzene ring substituents is 1. The quantitative estimate of drug-likeness (QED) is 0.485. The predicted octanol–water partition coefficient (Wildman–Crippen LogP) is 1.80. The summed E-state index contributed by atoms with van der Waals surface area (Å²) in [7, 11) is 0. The van der Waals surface area contributed by atoms with Crippen molar-refractivity contribution in [2.24, 2.45) is 0 Å². The van der Waals surface area contributed by atoms with E-state index >= 15 is 0 Å². The van der Waals surface area contributed by atoms with E-state index in [1.807, 2.05) is 22.6 Å². The number of nitro groups is 1. The number of amides is 1. The zero-order chi connectivity index (χ0) is 14.0. The van der Waals surface area contributed by atoms with Gasteiger partial charge >= 0.3 is 0 Å². The lowest BCUT2D eigenvalue weighted by Gasteiger charge is -2.30. The first-order valence-electron chi connectivity index (χ1n) is 5.90. The van der Waals surface area contributed by atoms with E-state index in [1.54, 1.807) is 11.0 Å². The molecular formula is C12H13IN2O4. The molecule has 1 aromatic carbocycles. The van der Waals surface area contributed by atoms with E-state index in [2.05, 4.69) is 0 Å². The van der Waals surface area contributed by atoms with E-state index in [-0.39, 0.29) is 18.1 Å². The number of aliphatic hydroxyl groups excluding tert-OH is 1. The molecule has 1 amide bonds. The van der Waals surface area contributed by atoms with Crippen LogP contribution in [0.15, 0.2) is 18.2 Å². The summed E-state index contributed by atoms with van der Waals surface area (Å²) >= 11 is 1.98. The molecule has 0 bridgehead atoms. The fraction of sp³-hybridized carbons (Fsp3) is 0.417. The normalized spacial score (nSPS) is 19.3. The molecular weight excluding hydrogens is 363 g/mol. The lowest BCUT2D eigenvalue weighted by molar-refractivity contribution is -0.384. The highest BCUT2D eigenvalue weighted by Gasteiger charge is 2.25. The highest BCUT2D eigenvalue weighted by atomic mass is 127. The van der Waals surface area contributed by atoms with E-state index in [9.17, 15) is 20.0 Å². The van der Waals surface area contributed by atoms with Gasteiger partial charge in [-0.2, -0.15) is 0 Å². The molecule has 19 heavy (non-hydrogen) atoms. The number of likely N-dealkylation sites (tertiary alicyclic amines) is 1. The van der Waals surface area contributed by atoms with E-state index in [0.29, 0.717) is 22.1 Å². The van der Waals surface area contributed by atoms with Gasteiger partial charge in [0, 0.05) is 28.8 Å². The van der Waals surface area contributed by atoms with Gasteiger partial charge < -0.3 is 10.0 Å². The van der Waals surface area contributed by atoms with E-state index in [1.165, 1.54) is 12.1 Å². The van der Waals surface area contributed by atoms with Gasteiger partial charge in [0.1, 0.15) is 0 Å². The third-order valence-corrected chi connectivity index (χ3v) is 4.02. The summed E-state index contributed by atoms with van der Waals surface area (Å²) in [4.78, 5) is 24.1. The van der Waals surface area contributed by atoms with Crippen molar-refractivity contribution < 1.29 is 14.8 Å². The molecule has 102 valence electrons. The summed E-state index contributed by atoms with van der Waals surface area (Å²) in [6.45, 7) is 0.867. The van der Waals surface area contributed by atoms with Gasteiger partial charge in [-0.15, -0.1) is 0 Å². The van der Waals surface area contributed by atoms with Crippen LogP contribution in [0.3, 0.4) is 0 Å². The number of hydrogen-bond donors (Lipinski definition) is 1. The second kappa shape index (κ2) is 5.83. The number of nitro benzene ring substituents is 1. The maximum Gasteiger partial charge on any atom is 0.270 e. The zero-order valence-corrected chi connectivity index (χ0v) is 12.2. The summed E-state index contributed by atoms with van der Waals surface area (Å²) in [5.74, 6) is -0.258. The van der Waals surface area contributed by atoms with Crippen LogP contribution in [0.5, 0.6) is 0 Å². The van der Waals surface area contributed by atoms with Crippen LogP contribution in [-0.2, 0) is 0 Å². The van der Waals surface area contributed by atoms with Crippen LogP contribution < -0.4 is 0 Å². The molecule has 7 heteroatoms. The first kappa shape index (κ1) is 14.2. The number of carbonyl (C=O) groups excluding carboxylic acids is 1. The first-order valence-corrected chi connectivity index (χ1v) is 6.98. The van der Waals surface area contributed by atoms with Crippen molar-refractivity contribution in [1.29, 1.82) is 0 Å². The van der Waals surface area contributed by atoms with Crippen LogP contribution in [0, 0.1) is 13.7 Å². The van der Waals surface area contributed by atoms with Crippen molar-refractivity contribution in [3.05, 3.63) is 37.4 Å². The molecule has 1 atom stereocenters. The summed E-state index contributed by atoms with van der Waals surface area (Å²) in [6, 6.07) is 4.24. The molecule has 1 heterocycles. The Hall–Kier alpha value is -1.22. The second-order valence-corrected chi connectivity index (χ2v) is 5.63. The fourth-order valence-electron chi connectivity index (χ4n) is 2.10. The molecule has 2 rings (SSSR count). The average molecular weight is 376 g/mol. The molecule has 0 saturated carbocycles. The molecule has 1 aliphatic rings. The molecule has 1 N–H and O–H groups in total. The van der Waals surface area contributed by atoms with Crippen molar-refractivity contribution in [3.63, 3.8) is 0 Å². The number of rotatable bonds is 2. The van der Waals surface area contributed by atoms with Crippen LogP contribution in [0.4, 0.5) is 5.69 Å². The van der Waals surface area contributed by atoms with E-state index in [0.717, 1.165) is 6.42 Å². The molecule has 0 aromatic heterocycles. The Kier molecular flexibility index (Phi) is 4.35. The van der Waals surface area contributed by atoms with Gasteiger partial charge in [-0.1, -0.05) is 0 Å². The number of carbonyl (C=O) groups is 1. The summed E-state index contributed by atoms with van der Waals surface area (Å²) < 4.78 is 0.674. The van der Waals surface area contributed by atoms with Crippen molar-refractivity contribution in [3.8, 4) is 0 Å². The van der Waals surface area contributed by atoms with Crippen molar-refractivity contribution in [1.82, 2.24) is 4.90 Å².